The van der Waals surface area contributed by atoms with Crippen LogP contribution < -0.4 is 15.2 Å². The summed E-state index contributed by atoms with van der Waals surface area (Å²) in [5, 5.41) is 8.25. The minimum absolute atomic E-state index is 0.0329. The maximum absolute atomic E-state index is 10.8. The number of primary sulfonamides is 1. The lowest BCUT2D eigenvalue weighted by Crippen LogP contribution is -2.29. The average molecular weight is 300 g/mol. The lowest BCUT2D eigenvalue weighted by Gasteiger charge is -2.13. The van der Waals surface area contributed by atoms with Crippen molar-refractivity contribution < 1.29 is 13.2 Å². The molecule has 0 fully saturated rings. The number of nitrogens with two attached hydrogens (primary N) is 1. The van der Waals surface area contributed by atoms with Gasteiger partial charge in [-0.15, -0.1) is 0 Å². The summed E-state index contributed by atoms with van der Waals surface area (Å²) in [5.74, 6) is 0.897. The van der Waals surface area contributed by atoms with Crippen LogP contribution in [0.15, 0.2) is 24.3 Å². The van der Waals surface area contributed by atoms with Crippen molar-refractivity contribution in [2.24, 2.45) is 5.14 Å². The summed E-state index contributed by atoms with van der Waals surface area (Å²) in [7, 11) is -1.68. The van der Waals surface area contributed by atoms with Crippen molar-refractivity contribution in [2.75, 3.05) is 19.4 Å². The summed E-state index contributed by atoms with van der Waals surface area (Å²) in [4.78, 5) is 0. The highest BCUT2D eigenvalue weighted by Gasteiger charge is 2.05. The lowest BCUT2D eigenvalue weighted by atomic mass is 10.1. The predicted molar refractivity (Wildman–Crippen MR) is 81.4 cm³/mol. The molecule has 1 aromatic carbocycles. The molecule has 1 atom stereocenters. The topological polar surface area (TPSA) is 81.4 Å². The first-order chi connectivity index (χ1) is 9.40. The van der Waals surface area contributed by atoms with E-state index in [0.29, 0.717) is 19.0 Å². The van der Waals surface area contributed by atoms with E-state index in [9.17, 15) is 8.42 Å². The number of methoxy groups -OCH3 is 1. The Hall–Kier alpha value is -1.11. The predicted octanol–water partition coefficient (Wildman–Crippen LogP) is 1.28. The monoisotopic (exact) mass is 300 g/mol. The first-order valence-electron chi connectivity index (χ1n) is 6.77. The molecular formula is C14H24N2O3S. The van der Waals surface area contributed by atoms with Crippen LogP contribution in [-0.2, 0) is 16.4 Å². The van der Waals surface area contributed by atoms with E-state index < -0.39 is 10.0 Å². The summed E-state index contributed by atoms with van der Waals surface area (Å²) in [6.07, 6.45) is 2.53. The van der Waals surface area contributed by atoms with Crippen LogP contribution in [0.5, 0.6) is 5.75 Å². The fourth-order valence-corrected chi connectivity index (χ4v) is 2.45. The van der Waals surface area contributed by atoms with Gasteiger partial charge >= 0.3 is 0 Å². The Morgan fingerprint density at radius 3 is 2.50 bits per heavy atom. The molecule has 20 heavy (non-hydrogen) atoms. The summed E-state index contributed by atoms with van der Waals surface area (Å²) >= 11 is 0. The Morgan fingerprint density at radius 2 is 1.95 bits per heavy atom. The molecule has 5 nitrogen and oxygen atoms in total. The first-order valence-corrected chi connectivity index (χ1v) is 8.49. The molecule has 1 unspecified atom stereocenters. The Bertz CT molecular complexity index is 486. The van der Waals surface area contributed by atoms with Crippen molar-refractivity contribution in [1.29, 1.82) is 0 Å². The van der Waals surface area contributed by atoms with Crippen LogP contribution >= 0.6 is 0 Å². The van der Waals surface area contributed by atoms with Gasteiger partial charge in [0.15, 0.2) is 0 Å². The zero-order valence-corrected chi connectivity index (χ0v) is 12.9. The van der Waals surface area contributed by atoms with Crippen molar-refractivity contribution in [3.63, 3.8) is 0 Å². The third-order valence-electron chi connectivity index (χ3n) is 3.12. The van der Waals surface area contributed by atoms with E-state index >= 15 is 0 Å². The highest BCUT2D eigenvalue weighted by Crippen LogP contribution is 2.13. The van der Waals surface area contributed by atoms with Crippen molar-refractivity contribution >= 4 is 10.0 Å². The van der Waals surface area contributed by atoms with Gasteiger partial charge in [0.1, 0.15) is 5.75 Å². The normalized spacial score (nSPS) is 13.2. The van der Waals surface area contributed by atoms with Crippen LogP contribution in [0.2, 0.25) is 0 Å². The van der Waals surface area contributed by atoms with Crippen LogP contribution in [0.4, 0.5) is 0 Å². The van der Waals surface area contributed by atoms with E-state index in [1.165, 1.54) is 5.56 Å². The summed E-state index contributed by atoms with van der Waals surface area (Å²) in [6, 6.07) is 8.38. The zero-order chi connectivity index (χ0) is 15.0. The van der Waals surface area contributed by atoms with Crippen LogP contribution in [-0.4, -0.2) is 33.9 Å². The van der Waals surface area contributed by atoms with Gasteiger partial charge in [0, 0.05) is 6.04 Å². The van der Waals surface area contributed by atoms with Gasteiger partial charge in [0.05, 0.1) is 12.9 Å². The number of benzene rings is 1. The number of ether oxygens (including phenoxy) is 1. The van der Waals surface area contributed by atoms with Crippen LogP contribution in [0.25, 0.3) is 0 Å². The smallest absolute Gasteiger partial charge is 0.209 e. The minimum Gasteiger partial charge on any atom is -0.497 e. The van der Waals surface area contributed by atoms with Gasteiger partial charge < -0.3 is 10.1 Å². The van der Waals surface area contributed by atoms with Crippen LogP contribution in [0, 0.1) is 0 Å². The van der Waals surface area contributed by atoms with Gasteiger partial charge in [-0.2, -0.15) is 0 Å². The molecule has 0 saturated carbocycles. The lowest BCUT2D eigenvalue weighted by molar-refractivity contribution is 0.414. The van der Waals surface area contributed by atoms with Gasteiger partial charge in [0.25, 0.3) is 0 Å². The molecule has 0 aliphatic carbocycles. The van der Waals surface area contributed by atoms with E-state index in [1.807, 2.05) is 12.1 Å². The summed E-state index contributed by atoms with van der Waals surface area (Å²) in [5.41, 5.74) is 1.27. The largest absolute Gasteiger partial charge is 0.497 e. The Kier molecular flexibility index (Phi) is 6.98. The van der Waals surface area contributed by atoms with E-state index in [2.05, 4.69) is 24.4 Å². The Labute approximate surface area is 121 Å². The van der Waals surface area contributed by atoms with Crippen molar-refractivity contribution in [2.45, 2.75) is 32.2 Å². The van der Waals surface area contributed by atoms with Gasteiger partial charge in [-0.25, -0.2) is 13.6 Å². The Balaban J connectivity index is 2.20. The fraction of sp³-hybridized carbons (Fsp3) is 0.571. The zero-order valence-electron chi connectivity index (χ0n) is 12.1. The molecule has 0 radical (unpaired) electrons. The molecule has 0 saturated heterocycles. The molecule has 6 heteroatoms. The van der Waals surface area contributed by atoms with E-state index in [-0.39, 0.29) is 5.75 Å². The Morgan fingerprint density at radius 1 is 1.30 bits per heavy atom. The molecule has 1 aromatic rings. The quantitative estimate of drug-likeness (QED) is 0.673. The number of hydrogen-bond acceptors (Lipinski definition) is 4. The molecule has 0 spiro atoms. The molecule has 1 rings (SSSR count). The summed E-state index contributed by atoms with van der Waals surface area (Å²) < 4.78 is 26.7. The second-order valence-electron chi connectivity index (χ2n) is 4.96. The molecule has 3 N–H and O–H groups in total. The van der Waals surface area contributed by atoms with Crippen LogP contribution in [0.3, 0.4) is 0 Å². The highest BCUT2D eigenvalue weighted by atomic mass is 32.2. The molecule has 0 aliphatic heterocycles. The van der Waals surface area contributed by atoms with Gasteiger partial charge in [-0.1, -0.05) is 12.1 Å². The number of hydrogen-bond donors (Lipinski definition) is 2. The van der Waals surface area contributed by atoms with Crippen molar-refractivity contribution in [3.05, 3.63) is 29.8 Å². The third-order valence-corrected chi connectivity index (χ3v) is 3.98. The fourth-order valence-electron chi connectivity index (χ4n) is 1.90. The van der Waals surface area contributed by atoms with E-state index in [0.717, 1.165) is 18.6 Å². The second kappa shape index (κ2) is 8.24. The maximum atomic E-state index is 10.8. The molecular weight excluding hydrogens is 276 g/mol. The third kappa shape index (κ3) is 7.47. The number of aryl methyl sites for hydroxylation is 1. The number of nitrogens with one attached hydrogen (secondary N) is 1. The van der Waals surface area contributed by atoms with E-state index in [1.54, 1.807) is 7.11 Å². The average Bonchev–Trinajstić information content (AvgIpc) is 2.41. The molecule has 0 bridgehead atoms. The van der Waals surface area contributed by atoms with Crippen LogP contribution in [0.1, 0.15) is 25.3 Å². The molecule has 0 aliphatic rings. The van der Waals surface area contributed by atoms with Gasteiger partial charge in [-0.05, 0) is 50.4 Å². The molecule has 0 amide bonds. The standard InChI is InChI=1S/C14H24N2O3S/c1-12(16-10-3-11-20(15,17)18)4-5-13-6-8-14(19-2)9-7-13/h6-9,12,16H,3-5,10-11H2,1-2H3,(H2,15,17,18). The second-order valence-corrected chi connectivity index (χ2v) is 6.70. The molecule has 114 valence electrons. The van der Waals surface area contributed by atoms with E-state index in [4.69, 9.17) is 9.88 Å². The number of sulfonamides is 1. The number of rotatable bonds is 9. The highest BCUT2D eigenvalue weighted by molar-refractivity contribution is 7.89. The maximum Gasteiger partial charge on any atom is 0.209 e. The first kappa shape index (κ1) is 16.9. The minimum atomic E-state index is -3.34. The van der Waals surface area contributed by atoms with Gasteiger partial charge in [-0.3, -0.25) is 0 Å². The summed E-state index contributed by atoms with van der Waals surface area (Å²) in [6.45, 7) is 2.76. The van der Waals surface area contributed by atoms with Crippen molar-refractivity contribution in [1.82, 2.24) is 5.32 Å². The van der Waals surface area contributed by atoms with Gasteiger partial charge in [0.2, 0.25) is 10.0 Å². The molecule has 0 aromatic heterocycles. The molecule has 0 heterocycles. The van der Waals surface area contributed by atoms with Crippen molar-refractivity contribution in [3.8, 4) is 5.75 Å². The SMILES string of the molecule is COc1ccc(CCC(C)NCCCS(N)(=O)=O)cc1.